The molecule has 0 spiro atoms. The summed E-state index contributed by atoms with van der Waals surface area (Å²) < 4.78 is 3.01. The number of imidazole rings is 1. The Morgan fingerprint density at radius 3 is 2.71 bits per heavy atom. The number of halogens is 1. The number of aromatic nitrogens is 2. The zero-order valence-corrected chi connectivity index (χ0v) is 11.3. The van der Waals surface area contributed by atoms with E-state index in [9.17, 15) is 5.11 Å². The second-order valence-corrected chi connectivity index (χ2v) is 4.87. The van der Waals surface area contributed by atoms with Crippen molar-refractivity contribution in [2.24, 2.45) is 0 Å². The molecule has 0 saturated carbocycles. The van der Waals surface area contributed by atoms with Gasteiger partial charge >= 0.3 is 0 Å². The average Bonchev–Trinajstić information content (AvgIpc) is 2.80. The fourth-order valence-corrected chi connectivity index (χ4v) is 2.09. The van der Waals surface area contributed by atoms with Crippen LogP contribution in [0.15, 0.2) is 41.3 Å². The van der Waals surface area contributed by atoms with Gasteiger partial charge in [0.05, 0.1) is 24.3 Å². The Bertz CT molecular complexity index is 478. The Morgan fingerprint density at radius 1 is 1.35 bits per heavy atom. The van der Waals surface area contributed by atoms with Gasteiger partial charge in [-0.25, -0.2) is 4.98 Å². The molecule has 2 aromatic rings. The number of hydrogen-bond acceptors (Lipinski definition) is 2. The summed E-state index contributed by atoms with van der Waals surface area (Å²) in [5, 5.41) is 10.2. The van der Waals surface area contributed by atoms with Crippen molar-refractivity contribution < 1.29 is 5.11 Å². The molecule has 0 saturated heterocycles. The van der Waals surface area contributed by atoms with E-state index in [4.69, 9.17) is 0 Å². The maximum Gasteiger partial charge on any atom is 0.0995 e. The van der Waals surface area contributed by atoms with Gasteiger partial charge in [-0.2, -0.15) is 0 Å². The number of hydrogen-bond donors (Lipinski definition) is 1. The number of benzene rings is 1. The largest absolute Gasteiger partial charge is 0.386 e. The molecule has 1 atom stereocenters. The van der Waals surface area contributed by atoms with Gasteiger partial charge in [0, 0.05) is 17.4 Å². The molecule has 3 nitrogen and oxygen atoms in total. The van der Waals surface area contributed by atoms with Crippen molar-refractivity contribution in [3.8, 4) is 0 Å². The summed E-state index contributed by atoms with van der Waals surface area (Å²) in [6.07, 6.45) is 3.59. The summed E-state index contributed by atoms with van der Waals surface area (Å²) in [5.74, 6) is 0. The summed E-state index contributed by atoms with van der Waals surface area (Å²) in [5.41, 5.74) is 1.99. The minimum Gasteiger partial charge on any atom is -0.386 e. The molecule has 2 rings (SSSR count). The fraction of sp³-hybridized carbons (Fsp3) is 0.308. The van der Waals surface area contributed by atoms with Crippen LogP contribution in [-0.2, 0) is 13.0 Å². The zero-order valence-electron chi connectivity index (χ0n) is 9.68. The Balaban J connectivity index is 2.11. The third-order valence-electron chi connectivity index (χ3n) is 2.77. The molecule has 0 aliphatic rings. The van der Waals surface area contributed by atoms with E-state index in [0.29, 0.717) is 6.42 Å². The van der Waals surface area contributed by atoms with Crippen molar-refractivity contribution in [3.63, 3.8) is 0 Å². The molecule has 0 aliphatic heterocycles. The molecule has 1 N–H and O–H groups in total. The van der Waals surface area contributed by atoms with Gasteiger partial charge in [0.15, 0.2) is 0 Å². The van der Waals surface area contributed by atoms with Gasteiger partial charge in [0.1, 0.15) is 0 Å². The van der Waals surface area contributed by atoms with E-state index in [2.05, 4.69) is 20.9 Å². The summed E-state index contributed by atoms with van der Waals surface area (Å²) in [6.45, 7) is 2.87. The first-order valence-electron chi connectivity index (χ1n) is 5.63. The van der Waals surface area contributed by atoms with Crippen LogP contribution in [0.25, 0.3) is 0 Å². The second-order valence-electron chi connectivity index (χ2n) is 3.95. The highest BCUT2D eigenvalue weighted by molar-refractivity contribution is 9.10. The van der Waals surface area contributed by atoms with Crippen LogP contribution in [0.4, 0.5) is 0 Å². The predicted octanol–water partition coefficient (Wildman–Crippen LogP) is 2.94. The van der Waals surface area contributed by atoms with Crippen LogP contribution in [0, 0.1) is 0 Å². The number of nitrogens with zero attached hydrogens (tertiary/aromatic N) is 2. The maximum atomic E-state index is 10.2. The van der Waals surface area contributed by atoms with Crippen molar-refractivity contribution in [2.45, 2.75) is 26.0 Å². The van der Waals surface area contributed by atoms with E-state index in [0.717, 1.165) is 22.3 Å². The first-order valence-corrected chi connectivity index (χ1v) is 6.42. The Kier molecular flexibility index (Phi) is 3.97. The number of rotatable bonds is 4. The van der Waals surface area contributed by atoms with Gasteiger partial charge in [-0.1, -0.05) is 28.1 Å². The topological polar surface area (TPSA) is 38.0 Å². The highest BCUT2D eigenvalue weighted by Gasteiger charge is 2.12. The first-order chi connectivity index (χ1) is 8.20. The highest BCUT2D eigenvalue weighted by Crippen LogP contribution is 2.19. The van der Waals surface area contributed by atoms with E-state index >= 15 is 0 Å². The predicted molar refractivity (Wildman–Crippen MR) is 70.7 cm³/mol. The lowest BCUT2D eigenvalue weighted by molar-refractivity contribution is 0.169. The maximum absolute atomic E-state index is 10.2. The van der Waals surface area contributed by atoms with Gasteiger partial charge in [-0.3, -0.25) is 0 Å². The minimum atomic E-state index is -0.501. The fourth-order valence-electron chi connectivity index (χ4n) is 1.82. The molecule has 0 fully saturated rings. The monoisotopic (exact) mass is 294 g/mol. The molecular formula is C13H15BrN2O. The molecule has 1 heterocycles. The van der Waals surface area contributed by atoms with Crippen molar-refractivity contribution in [2.75, 3.05) is 0 Å². The molecule has 4 heteroatoms. The molecule has 0 bridgehead atoms. The van der Waals surface area contributed by atoms with Crippen LogP contribution in [0.1, 0.15) is 24.3 Å². The van der Waals surface area contributed by atoms with Crippen molar-refractivity contribution in [1.29, 1.82) is 0 Å². The third kappa shape index (κ3) is 2.96. The van der Waals surface area contributed by atoms with Gasteiger partial charge in [-0.15, -0.1) is 0 Å². The van der Waals surface area contributed by atoms with Crippen LogP contribution in [0.5, 0.6) is 0 Å². The van der Waals surface area contributed by atoms with Crippen LogP contribution in [0.2, 0.25) is 0 Å². The zero-order chi connectivity index (χ0) is 12.3. The highest BCUT2D eigenvalue weighted by atomic mass is 79.9. The van der Waals surface area contributed by atoms with Gasteiger partial charge < -0.3 is 9.67 Å². The van der Waals surface area contributed by atoms with Crippen LogP contribution in [-0.4, -0.2) is 14.7 Å². The molecule has 0 radical (unpaired) electrons. The standard InChI is InChI=1S/C13H15BrN2O/c1-2-16-9-15-8-12(16)13(17)7-10-3-5-11(14)6-4-10/h3-6,8-9,13,17H,2,7H2,1H3. The van der Waals surface area contributed by atoms with Crippen LogP contribution >= 0.6 is 15.9 Å². The van der Waals surface area contributed by atoms with E-state index in [1.54, 1.807) is 12.5 Å². The first kappa shape index (κ1) is 12.3. The lowest BCUT2D eigenvalue weighted by Gasteiger charge is -2.12. The van der Waals surface area contributed by atoms with Gasteiger partial charge in [0.2, 0.25) is 0 Å². The van der Waals surface area contributed by atoms with E-state index in [1.165, 1.54) is 0 Å². The average molecular weight is 295 g/mol. The number of aliphatic hydroxyl groups is 1. The molecule has 0 amide bonds. The number of aliphatic hydroxyl groups excluding tert-OH is 1. The molecular weight excluding hydrogens is 280 g/mol. The van der Waals surface area contributed by atoms with Gasteiger partial charge in [-0.05, 0) is 24.6 Å². The molecule has 17 heavy (non-hydrogen) atoms. The molecule has 90 valence electrons. The normalized spacial score (nSPS) is 12.6. The Morgan fingerprint density at radius 2 is 2.06 bits per heavy atom. The van der Waals surface area contributed by atoms with Crippen molar-refractivity contribution >= 4 is 15.9 Å². The third-order valence-corrected chi connectivity index (χ3v) is 3.30. The van der Waals surface area contributed by atoms with Crippen molar-refractivity contribution in [1.82, 2.24) is 9.55 Å². The van der Waals surface area contributed by atoms with E-state index < -0.39 is 6.10 Å². The number of aryl methyl sites for hydroxylation is 1. The molecule has 0 aliphatic carbocycles. The summed E-state index contributed by atoms with van der Waals surface area (Å²) >= 11 is 3.40. The summed E-state index contributed by atoms with van der Waals surface area (Å²) in [4.78, 5) is 4.07. The molecule has 1 unspecified atom stereocenters. The Hall–Kier alpha value is -1.13. The SMILES string of the molecule is CCn1cncc1C(O)Cc1ccc(Br)cc1. The smallest absolute Gasteiger partial charge is 0.0995 e. The Labute approximate surface area is 109 Å². The van der Waals surface area contributed by atoms with E-state index in [-0.39, 0.29) is 0 Å². The summed E-state index contributed by atoms with van der Waals surface area (Å²) in [6, 6.07) is 8.00. The lowest BCUT2D eigenvalue weighted by atomic mass is 10.1. The van der Waals surface area contributed by atoms with E-state index in [1.807, 2.05) is 35.8 Å². The van der Waals surface area contributed by atoms with Crippen LogP contribution in [0.3, 0.4) is 0 Å². The molecule has 1 aromatic heterocycles. The minimum absolute atomic E-state index is 0.501. The lowest BCUT2D eigenvalue weighted by Crippen LogP contribution is -2.08. The second kappa shape index (κ2) is 5.47. The van der Waals surface area contributed by atoms with Gasteiger partial charge in [0.25, 0.3) is 0 Å². The quantitative estimate of drug-likeness (QED) is 0.941. The molecule has 1 aromatic carbocycles. The van der Waals surface area contributed by atoms with Crippen molar-refractivity contribution in [3.05, 3.63) is 52.5 Å². The van der Waals surface area contributed by atoms with Crippen LogP contribution < -0.4 is 0 Å². The summed E-state index contributed by atoms with van der Waals surface area (Å²) in [7, 11) is 0.